The number of nitrogens with one attached hydrogen (secondary N) is 1. The first-order valence-electron chi connectivity index (χ1n) is 3.90. The third kappa shape index (κ3) is 0.707. The van der Waals surface area contributed by atoms with Gasteiger partial charge in [0.25, 0.3) is 0 Å². The summed E-state index contributed by atoms with van der Waals surface area (Å²) >= 11 is 0. The number of rotatable bonds is 1. The summed E-state index contributed by atoms with van der Waals surface area (Å²) in [5.74, 6) is 2.58. The smallest absolute Gasteiger partial charge is 0.00139 e. The van der Waals surface area contributed by atoms with Crippen molar-refractivity contribution in [2.45, 2.75) is 25.7 Å². The average molecular weight is 123 g/mol. The number of fused-ring (bicyclic) bond motifs is 2. The standard InChI is InChI=1S/C8H13N/c9-5-8-4-6-1-2-7(8)3-6/h5-9H,1-4H2. The van der Waals surface area contributed by atoms with Gasteiger partial charge in [-0.2, -0.15) is 0 Å². The first kappa shape index (κ1) is 5.45. The number of hydrogen-bond donors (Lipinski definition) is 1. The van der Waals surface area contributed by atoms with Crippen LogP contribution in [0.4, 0.5) is 0 Å². The lowest BCUT2D eigenvalue weighted by atomic mass is 9.90. The molecule has 0 heterocycles. The van der Waals surface area contributed by atoms with Crippen LogP contribution in [0.1, 0.15) is 25.7 Å². The van der Waals surface area contributed by atoms with Crippen LogP contribution in [0.5, 0.6) is 0 Å². The quantitative estimate of drug-likeness (QED) is 0.516. The van der Waals surface area contributed by atoms with Gasteiger partial charge in [0.15, 0.2) is 0 Å². The highest BCUT2D eigenvalue weighted by atomic mass is 14.5. The number of hydrogen-bond acceptors (Lipinski definition) is 1. The fraction of sp³-hybridized carbons (Fsp3) is 0.875. The molecule has 2 saturated carbocycles. The van der Waals surface area contributed by atoms with Gasteiger partial charge in [0.05, 0.1) is 0 Å². The van der Waals surface area contributed by atoms with Gasteiger partial charge in [0, 0.05) is 0 Å². The van der Waals surface area contributed by atoms with Gasteiger partial charge in [-0.05, 0) is 43.2 Å². The van der Waals surface area contributed by atoms with Gasteiger partial charge in [-0.1, -0.05) is 6.42 Å². The van der Waals surface area contributed by atoms with Gasteiger partial charge in [-0.15, -0.1) is 0 Å². The van der Waals surface area contributed by atoms with Gasteiger partial charge >= 0.3 is 0 Å². The zero-order valence-corrected chi connectivity index (χ0v) is 5.64. The molecule has 1 heteroatoms. The predicted octanol–water partition coefficient (Wildman–Crippen LogP) is 2.07. The highest BCUT2D eigenvalue weighted by Gasteiger charge is 2.38. The SMILES string of the molecule is N=CC1CC2CCC1C2. The molecule has 0 radical (unpaired) electrons. The second-order valence-electron chi connectivity index (χ2n) is 3.51. The van der Waals surface area contributed by atoms with Crippen molar-refractivity contribution in [3.63, 3.8) is 0 Å². The van der Waals surface area contributed by atoms with Crippen LogP contribution in [-0.2, 0) is 0 Å². The maximum Gasteiger partial charge on any atom is -0.00139 e. The minimum atomic E-state index is 0.670. The highest BCUT2D eigenvalue weighted by Crippen LogP contribution is 2.47. The molecule has 0 aromatic heterocycles. The van der Waals surface area contributed by atoms with E-state index in [9.17, 15) is 0 Å². The van der Waals surface area contributed by atoms with Crippen molar-refractivity contribution in [1.29, 1.82) is 5.41 Å². The summed E-state index contributed by atoms with van der Waals surface area (Å²) in [6.07, 6.45) is 7.29. The van der Waals surface area contributed by atoms with Crippen LogP contribution in [0.2, 0.25) is 0 Å². The van der Waals surface area contributed by atoms with Crippen molar-refractivity contribution in [2.24, 2.45) is 17.8 Å². The maximum atomic E-state index is 7.13. The molecular formula is C8H13N. The normalized spacial score (nSPS) is 47.8. The molecule has 2 aliphatic rings. The highest BCUT2D eigenvalue weighted by molar-refractivity contribution is 5.58. The molecule has 9 heavy (non-hydrogen) atoms. The molecule has 0 aromatic rings. The molecule has 0 aromatic carbocycles. The molecule has 3 unspecified atom stereocenters. The van der Waals surface area contributed by atoms with Crippen molar-refractivity contribution < 1.29 is 0 Å². The molecule has 2 aliphatic carbocycles. The molecule has 50 valence electrons. The Morgan fingerprint density at radius 3 is 2.44 bits per heavy atom. The van der Waals surface area contributed by atoms with E-state index in [0.29, 0.717) is 5.92 Å². The molecule has 1 nitrogen and oxygen atoms in total. The fourth-order valence-corrected chi connectivity index (χ4v) is 2.50. The zero-order chi connectivity index (χ0) is 6.27. The van der Waals surface area contributed by atoms with Crippen molar-refractivity contribution >= 4 is 6.21 Å². The Labute approximate surface area is 56.0 Å². The lowest BCUT2D eigenvalue weighted by Crippen LogP contribution is -2.10. The van der Waals surface area contributed by atoms with Crippen LogP contribution in [0.3, 0.4) is 0 Å². The first-order chi connectivity index (χ1) is 4.40. The summed E-state index contributed by atoms with van der Waals surface area (Å²) in [6.45, 7) is 0. The lowest BCUT2D eigenvalue weighted by Gasteiger charge is -2.15. The Bertz CT molecular complexity index is 131. The fourth-order valence-electron chi connectivity index (χ4n) is 2.50. The van der Waals surface area contributed by atoms with Crippen LogP contribution >= 0.6 is 0 Å². The Morgan fingerprint density at radius 2 is 2.11 bits per heavy atom. The van der Waals surface area contributed by atoms with Crippen molar-refractivity contribution in [2.75, 3.05) is 0 Å². The summed E-state index contributed by atoms with van der Waals surface area (Å²) < 4.78 is 0. The zero-order valence-electron chi connectivity index (χ0n) is 5.64. The monoisotopic (exact) mass is 123 g/mol. The summed E-state index contributed by atoms with van der Waals surface area (Å²) in [4.78, 5) is 0. The van der Waals surface area contributed by atoms with Crippen LogP contribution < -0.4 is 0 Å². The first-order valence-corrected chi connectivity index (χ1v) is 3.90. The van der Waals surface area contributed by atoms with Gasteiger partial charge in [0.1, 0.15) is 0 Å². The summed E-state index contributed by atoms with van der Waals surface area (Å²) in [5.41, 5.74) is 0. The van der Waals surface area contributed by atoms with E-state index in [1.807, 2.05) is 0 Å². The van der Waals surface area contributed by atoms with Crippen LogP contribution in [0, 0.1) is 23.2 Å². The van der Waals surface area contributed by atoms with Gasteiger partial charge in [-0.25, -0.2) is 0 Å². The maximum absolute atomic E-state index is 7.13. The van der Waals surface area contributed by atoms with Crippen molar-refractivity contribution in [1.82, 2.24) is 0 Å². The van der Waals surface area contributed by atoms with E-state index in [4.69, 9.17) is 5.41 Å². The topological polar surface area (TPSA) is 23.9 Å². The van der Waals surface area contributed by atoms with E-state index in [2.05, 4.69) is 0 Å². The third-order valence-corrected chi connectivity index (χ3v) is 3.01. The second kappa shape index (κ2) is 1.83. The average Bonchev–Trinajstić information content (AvgIpc) is 2.45. The Kier molecular flexibility index (Phi) is 1.11. The van der Waals surface area contributed by atoms with Gasteiger partial charge in [-0.3, -0.25) is 0 Å². The van der Waals surface area contributed by atoms with Crippen LogP contribution in [0.15, 0.2) is 0 Å². The molecule has 1 N–H and O–H groups in total. The largest absolute Gasteiger partial charge is 0.313 e. The lowest BCUT2D eigenvalue weighted by molar-refractivity contribution is 0.420. The van der Waals surface area contributed by atoms with Crippen molar-refractivity contribution in [3.05, 3.63) is 0 Å². The molecular weight excluding hydrogens is 110 g/mol. The third-order valence-electron chi connectivity index (χ3n) is 3.01. The van der Waals surface area contributed by atoms with E-state index in [0.717, 1.165) is 11.8 Å². The summed E-state index contributed by atoms with van der Waals surface area (Å²) in [7, 11) is 0. The van der Waals surface area contributed by atoms with E-state index in [1.165, 1.54) is 25.7 Å². The predicted molar refractivity (Wildman–Crippen MR) is 37.7 cm³/mol. The van der Waals surface area contributed by atoms with E-state index in [1.54, 1.807) is 6.21 Å². The molecule has 0 aliphatic heterocycles. The molecule has 2 bridgehead atoms. The van der Waals surface area contributed by atoms with Crippen LogP contribution in [-0.4, -0.2) is 6.21 Å². The molecule has 3 atom stereocenters. The molecule has 0 amide bonds. The Hall–Kier alpha value is -0.330. The van der Waals surface area contributed by atoms with Crippen molar-refractivity contribution in [3.8, 4) is 0 Å². The Morgan fingerprint density at radius 1 is 1.22 bits per heavy atom. The van der Waals surface area contributed by atoms with Crippen LogP contribution in [0.25, 0.3) is 0 Å². The van der Waals surface area contributed by atoms with Gasteiger partial charge in [0.2, 0.25) is 0 Å². The van der Waals surface area contributed by atoms with E-state index in [-0.39, 0.29) is 0 Å². The van der Waals surface area contributed by atoms with E-state index >= 15 is 0 Å². The molecule has 2 fully saturated rings. The minimum absolute atomic E-state index is 0.670. The Balaban J connectivity index is 2.09. The summed E-state index contributed by atoms with van der Waals surface area (Å²) in [5, 5.41) is 7.13. The summed E-state index contributed by atoms with van der Waals surface area (Å²) in [6, 6.07) is 0. The molecule has 2 rings (SSSR count). The molecule has 0 saturated heterocycles. The van der Waals surface area contributed by atoms with E-state index < -0.39 is 0 Å². The second-order valence-corrected chi connectivity index (χ2v) is 3.51. The molecule has 0 spiro atoms. The minimum Gasteiger partial charge on any atom is -0.313 e. The van der Waals surface area contributed by atoms with Gasteiger partial charge < -0.3 is 5.41 Å².